The number of hydrogen-bond donors (Lipinski definition) is 0. The Hall–Kier alpha value is -1.32. The van der Waals surface area contributed by atoms with Crippen LogP contribution >= 0.6 is 11.6 Å². The first-order chi connectivity index (χ1) is 9.72. The van der Waals surface area contributed by atoms with Gasteiger partial charge in [-0.25, -0.2) is 0 Å². The van der Waals surface area contributed by atoms with Gasteiger partial charge in [0.2, 0.25) is 0 Å². The highest BCUT2D eigenvalue weighted by Gasteiger charge is 2.24. The van der Waals surface area contributed by atoms with Crippen molar-refractivity contribution >= 4 is 17.5 Å². The van der Waals surface area contributed by atoms with Gasteiger partial charge >= 0.3 is 0 Å². The van der Waals surface area contributed by atoms with Crippen LogP contribution in [0.4, 0.5) is 0 Å². The molecule has 0 unspecified atom stereocenters. The number of hydrogen-bond acceptors (Lipinski definition) is 2. The molecule has 0 atom stereocenters. The summed E-state index contributed by atoms with van der Waals surface area (Å²) in [5, 5.41) is 0.522. The van der Waals surface area contributed by atoms with Crippen LogP contribution in [0.25, 0.3) is 0 Å². The lowest BCUT2D eigenvalue weighted by Gasteiger charge is -2.32. The van der Waals surface area contributed by atoms with Crippen LogP contribution in [0.5, 0.6) is 0 Å². The molecule has 1 fully saturated rings. The zero-order valence-corrected chi connectivity index (χ0v) is 12.3. The van der Waals surface area contributed by atoms with Crippen molar-refractivity contribution in [2.75, 3.05) is 26.3 Å². The Morgan fingerprint density at radius 1 is 1.40 bits per heavy atom. The molecule has 1 amide bonds. The second kappa shape index (κ2) is 7.46. The Bertz CT molecular complexity index is 467. The summed E-state index contributed by atoms with van der Waals surface area (Å²) >= 11 is 6.07. The SMILES string of the molecule is C=CCOCC1CCN(C(=O)c2ccccc2Cl)CC1. The molecule has 3 nitrogen and oxygen atoms in total. The average Bonchev–Trinajstić information content (AvgIpc) is 2.48. The van der Waals surface area contributed by atoms with Crippen molar-refractivity contribution in [1.82, 2.24) is 4.90 Å². The van der Waals surface area contributed by atoms with E-state index in [0.29, 0.717) is 23.1 Å². The van der Waals surface area contributed by atoms with Crippen LogP contribution in [0.2, 0.25) is 5.02 Å². The van der Waals surface area contributed by atoms with Crippen molar-refractivity contribution in [2.24, 2.45) is 5.92 Å². The van der Waals surface area contributed by atoms with Gasteiger partial charge in [0.15, 0.2) is 0 Å². The minimum absolute atomic E-state index is 0.0288. The number of nitrogens with zero attached hydrogens (tertiary/aromatic N) is 1. The van der Waals surface area contributed by atoms with Crippen LogP contribution in [0.3, 0.4) is 0 Å². The monoisotopic (exact) mass is 293 g/mol. The largest absolute Gasteiger partial charge is 0.377 e. The van der Waals surface area contributed by atoms with Crippen molar-refractivity contribution in [1.29, 1.82) is 0 Å². The smallest absolute Gasteiger partial charge is 0.255 e. The Labute approximate surface area is 125 Å². The number of carbonyl (C=O) groups is 1. The van der Waals surface area contributed by atoms with Crippen molar-refractivity contribution in [3.63, 3.8) is 0 Å². The van der Waals surface area contributed by atoms with E-state index < -0.39 is 0 Å². The molecular formula is C16H20ClNO2. The molecule has 2 rings (SSSR count). The number of amides is 1. The molecule has 1 aromatic carbocycles. The van der Waals surface area contributed by atoms with Crippen LogP contribution in [0.15, 0.2) is 36.9 Å². The standard InChI is InChI=1S/C16H20ClNO2/c1-2-11-20-12-13-7-9-18(10-8-13)16(19)14-5-3-4-6-15(14)17/h2-6,13H,1,7-12H2. The predicted octanol–water partition coefficient (Wildman–Crippen LogP) is 3.39. The van der Waals surface area contributed by atoms with Gasteiger partial charge < -0.3 is 9.64 Å². The Balaban J connectivity index is 1.86. The molecule has 0 bridgehead atoms. The van der Waals surface area contributed by atoms with Gasteiger partial charge in [0.05, 0.1) is 17.2 Å². The molecule has 1 saturated heterocycles. The van der Waals surface area contributed by atoms with E-state index in [0.717, 1.165) is 32.5 Å². The van der Waals surface area contributed by atoms with Crippen LogP contribution in [0, 0.1) is 5.92 Å². The molecule has 1 aliphatic heterocycles. The zero-order valence-electron chi connectivity index (χ0n) is 11.6. The topological polar surface area (TPSA) is 29.5 Å². The van der Waals surface area contributed by atoms with Gasteiger partial charge in [-0.15, -0.1) is 6.58 Å². The third-order valence-electron chi connectivity index (χ3n) is 3.60. The van der Waals surface area contributed by atoms with Crippen LogP contribution in [-0.4, -0.2) is 37.1 Å². The summed E-state index contributed by atoms with van der Waals surface area (Å²) in [4.78, 5) is 14.3. The third-order valence-corrected chi connectivity index (χ3v) is 3.92. The highest BCUT2D eigenvalue weighted by Crippen LogP contribution is 2.22. The lowest BCUT2D eigenvalue weighted by molar-refractivity contribution is 0.0576. The van der Waals surface area contributed by atoms with Gasteiger partial charge in [-0.3, -0.25) is 4.79 Å². The molecule has 0 aromatic heterocycles. The first-order valence-electron chi connectivity index (χ1n) is 6.95. The number of halogens is 1. The predicted molar refractivity (Wildman–Crippen MR) is 81.1 cm³/mol. The quantitative estimate of drug-likeness (QED) is 0.615. The molecule has 0 saturated carbocycles. The minimum atomic E-state index is 0.0288. The molecule has 0 spiro atoms. The first-order valence-corrected chi connectivity index (χ1v) is 7.32. The van der Waals surface area contributed by atoms with Crippen molar-refractivity contribution in [2.45, 2.75) is 12.8 Å². The molecule has 1 aromatic rings. The lowest BCUT2D eigenvalue weighted by Crippen LogP contribution is -2.39. The average molecular weight is 294 g/mol. The first kappa shape index (κ1) is 15.1. The highest BCUT2D eigenvalue weighted by molar-refractivity contribution is 6.33. The molecule has 0 N–H and O–H groups in total. The summed E-state index contributed by atoms with van der Waals surface area (Å²) in [5.74, 6) is 0.561. The Kier molecular flexibility index (Phi) is 5.62. The van der Waals surface area contributed by atoms with E-state index >= 15 is 0 Å². The normalized spacial score (nSPS) is 16.1. The molecule has 20 heavy (non-hydrogen) atoms. The van der Waals surface area contributed by atoms with Gasteiger partial charge in [-0.05, 0) is 30.9 Å². The number of likely N-dealkylation sites (tertiary alicyclic amines) is 1. The Morgan fingerprint density at radius 3 is 2.75 bits per heavy atom. The zero-order chi connectivity index (χ0) is 14.4. The van der Waals surface area contributed by atoms with Crippen LogP contribution < -0.4 is 0 Å². The summed E-state index contributed by atoms with van der Waals surface area (Å²) in [5.41, 5.74) is 0.593. The fraction of sp³-hybridized carbons (Fsp3) is 0.438. The summed E-state index contributed by atoms with van der Waals surface area (Å²) in [6, 6.07) is 7.21. The second-order valence-corrected chi connectivity index (χ2v) is 5.45. The van der Waals surface area contributed by atoms with Gasteiger partial charge in [0.1, 0.15) is 0 Å². The van der Waals surface area contributed by atoms with E-state index in [1.54, 1.807) is 18.2 Å². The molecule has 108 valence electrons. The number of benzene rings is 1. The number of ether oxygens (including phenoxy) is 1. The van der Waals surface area contributed by atoms with Gasteiger partial charge in [0.25, 0.3) is 5.91 Å². The minimum Gasteiger partial charge on any atom is -0.377 e. The summed E-state index contributed by atoms with van der Waals surface area (Å²) < 4.78 is 5.48. The molecule has 4 heteroatoms. The molecule has 1 heterocycles. The van der Waals surface area contributed by atoms with Crippen molar-refractivity contribution in [3.8, 4) is 0 Å². The van der Waals surface area contributed by atoms with E-state index in [4.69, 9.17) is 16.3 Å². The van der Waals surface area contributed by atoms with Gasteiger partial charge in [-0.1, -0.05) is 29.8 Å². The summed E-state index contributed by atoms with van der Waals surface area (Å²) in [6.07, 6.45) is 3.72. The lowest BCUT2D eigenvalue weighted by atomic mass is 9.97. The fourth-order valence-corrected chi connectivity index (χ4v) is 2.64. The molecule has 1 aliphatic rings. The molecule has 0 radical (unpaired) electrons. The highest BCUT2D eigenvalue weighted by atomic mass is 35.5. The number of rotatable bonds is 5. The number of carbonyl (C=O) groups excluding carboxylic acids is 1. The Morgan fingerprint density at radius 2 is 2.10 bits per heavy atom. The van der Waals surface area contributed by atoms with E-state index in [1.165, 1.54) is 0 Å². The van der Waals surface area contributed by atoms with E-state index in [-0.39, 0.29) is 5.91 Å². The van der Waals surface area contributed by atoms with Gasteiger partial charge in [0, 0.05) is 19.7 Å². The van der Waals surface area contributed by atoms with Crippen LogP contribution in [0.1, 0.15) is 23.2 Å². The molecular weight excluding hydrogens is 274 g/mol. The summed E-state index contributed by atoms with van der Waals surface area (Å²) in [6.45, 7) is 6.52. The van der Waals surface area contributed by atoms with E-state index in [9.17, 15) is 4.79 Å². The van der Waals surface area contributed by atoms with Crippen molar-refractivity contribution in [3.05, 3.63) is 47.5 Å². The third kappa shape index (κ3) is 3.84. The molecule has 0 aliphatic carbocycles. The maximum atomic E-state index is 12.4. The maximum absolute atomic E-state index is 12.4. The summed E-state index contributed by atoms with van der Waals surface area (Å²) in [7, 11) is 0. The maximum Gasteiger partial charge on any atom is 0.255 e. The number of piperidine rings is 1. The van der Waals surface area contributed by atoms with E-state index in [1.807, 2.05) is 17.0 Å². The fourth-order valence-electron chi connectivity index (χ4n) is 2.43. The second-order valence-electron chi connectivity index (χ2n) is 5.04. The van der Waals surface area contributed by atoms with E-state index in [2.05, 4.69) is 6.58 Å². The van der Waals surface area contributed by atoms with Gasteiger partial charge in [-0.2, -0.15) is 0 Å². The van der Waals surface area contributed by atoms with Crippen molar-refractivity contribution < 1.29 is 9.53 Å². The van der Waals surface area contributed by atoms with Crippen LogP contribution in [-0.2, 0) is 4.74 Å².